The van der Waals surface area contributed by atoms with Crippen LogP contribution < -0.4 is 5.32 Å². The third-order valence-corrected chi connectivity index (χ3v) is 0.953. The van der Waals surface area contributed by atoms with Crippen LogP contribution in [0.1, 0.15) is 13.8 Å². The van der Waals surface area contributed by atoms with Gasteiger partial charge in [0.25, 0.3) is 0 Å². The lowest BCUT2D eigenvalue weighted by Crippen LogP contribution is -2.34. The molecule has 67 valence electrons. The molecule has 1 N–H and O–H groups in total. The van der Waals surface area contributed by atoms with E-state index in [2.05, 4.69) is 11.3 Å². The zero-order valence-electron chi connectivity index (χ0n) is 6.92. The van der Waals surface area contributed by atoms with Crippen LogP contribution in [0.2, 0.25) is 0 Å². The van der Waals surface area contributed by atoms with E-state index in [9.17, 15) is 14.7 Å². The topological polar surface area (TPSA) is 75.3 Å². The van der Waals surface area contributed by atoms with E-state index >= 15 is 0 Å². The summed E-state index contributed by atoms with van der Waals surface area (Å²) in [6.07, 6.45) is -2.41. The number of esters is 1. The minimum atomic E-state index is -1.49. The van der Waals surface area contributed by atoms with Crippen molar-refractivity contribution >= 4 is 12.1 Å². The maximum absolute atomic E-state index is 10.8. The van der Waals surface area contributed by atoms with Crippen LogP contribution in [0.3, 0.4) is 0 Å². The molecule has 0 aromatic carbocycles. The molecule has 0 aliphatic rings. The molecule has 0 spiro atoms. The molecule has 0 saturated carbocycles. The Kier molecular flexibility index (Phi) is 3.82. The van der Waals surface area contributed by atoms with Gasteiger partial charge in [-0.2, -0.15) is 0 Å². The number of ether oxygens (including phenoxy) is 1. The van der Waals surface area contributed by atoms with E-state index in [0.29, 0.717) is 0 Å². The van der Waals surface area contributed by atoms with E-state index in [1.807, 2.05) is 5.32 Å². The lowest BCUT2D eigenvalue weighted by atomic mass is 10.4. The van der Waals surface area contributed by atoms with Gasteiger partial charge in [-0.3, -0.25) is 5.32 Å². The molecular weight excluding hydrogens is 162 g/mol. The highest BCUT2D eigenvalue weighted by Crippen LogP contribution is 1.95. The molecule has 0 saturated heterocycles. The molecule has 0 aromatic rings. The van der Waals surface area contributed by atoms with Crippen LogP contribution in [-0.2, 0) is 14.6 Å². The molecule has 0 aliphatic heterocycles. The lowest BCUT2D eigenvalue weighted by molar-refractivity contribution is -0.144. The molecule has 0 heterocycles. The summed E-state index contributed by atoms with van der Waals surface area (Å²) >= 11 is 0. The Hall–Kier alpha value is -1.52. The van der Waals surface area contributed by atoms with E-state index < -0.39 is 18.3 Å². The summed E-state index contributed by atoms with van der Waals surface area (Å²) in [5.41, 5.74) is 0.210. The second kappa shape index (κ2) is 4.38. The van der Waals surface area contributed by atoms with Gasteiger partial charge in [0.05, 0.1) is 0 Å². The van der Waals surface area contributed by atoms with Crippen molar-refractivity contribution < 1.29 is 19.4 Å². The molecule has 1 radical (unpaired) electrons. The number of carbonyl (C=O) groups is 2. The molecule has 1 amide bonds. The molecule has 5 heteroatoms. The lowest BCUT2D eigenvalue weighted by Gasteiger charge is -2.11. The fourth-order valence-corrected chi connectivity index (χ4v) is 0.457. The maximum atomic E-state index is 10.8. The molecule has 0 aliphatic carbocycles. The monoisotopic (exact) mass is 172 g/mol. The van der Waals surface area contributed by atoms with Crippen molar-refractivity contribution in [1.82, 2.24) is 5.32 Å². The Balaban J connectivity index is 3.84. The Bertz CT molecular complexity index is 211. The summed E-state index contributed by atoms with van der Waals surface area (Å²) in [7, 11) is 0. The van der Waals surface area contributed by atoms with Gasteiger partial charge in [0, 0.05) is 5.57 Å². The van der Waals surface area contributed by atoms with Gasteiger partial charge in [-0.05, 0) is 13.8 Å². The van der Waals surface area contributed by atoms with E-state index in [1.54, 1.807) is 0 Å². The third-order valence-electron chi connectivity index (χ3n) is 0.953. The van der Waals surface area contributed by atoms with Gasteiger partial charge < -0.3 is 4.74 Å². The zero-order chi connectivity index (χ0) is 9.72. The van der Waals surface area contributed by atoms with E-state index in [4.69, 9.17) is 0 Å². The average Bonchev–Trinajstić information content (AvgIpc) is 1.84. The first-order valence-corrected chi connectivity index (χ1v) is 3.27. The van der Waals surface area contributed by atoms with Crippen LogP contribution in [0.5, 0.6) is 0 Å². The average molecular weight is 172 g/mol. The van der Waals surface area contributed by atoms with Crippen molar-refractivity contribution in [1.29, 1.82) is 0 Å². The Labute approximate surface area is 70.0 Å². The standard InChI is InChI=1S/C7H10NO4/c1-4(2)6(9)12-5(3)8-7(10)11/h5,8H,1H2,2-3H3. The van der Waals surface area contributed by atoms with Crippen LogP contribution in [0, 0.1) is 0 Å². The van der Waals surface area contributed by atoms with Gasteiger partial charge in [-0.1, -0.05) is 6.58 Å². The Morgan fingerprint density at radius 1 is 1.50 bits per heavy atom. The fourth-order valence-electron chi connectivity index (χ4n) is 0.457. The van der Waals surface area contributed by atoms with E-state index in [-0.39, 0.29) is 5.57 Å². The minimum absolute atomic E-state index is 0.210. The van der Waals surface area contributed by atoms with Crippen LogP contribution >= 0.6 is 0 Å². The van der Waals surface area contributed by atoms with Gasteiger partial charge in [-0.25, -0.2) is 14.7 Å². The number of rotatable bonds is 3. The second-order valence-electron chi connectivity index (χ2n) is 2.26. The van der Waals surface area contributed by atoms with Crippen molar-refractivity contribution in [2.75, 3.05) is 0 Å². The number of hydrogen-bond donors (Lipinski definition) is 1. The number of amides is 1. The van der Waals surface area contributed by atoms with Crippen LogP contribution in [0.25, 0.3) is 0 Å². The first kappa shape index (κ1) is 10.5. The minimum Gasteiger partial charge on any atom is -0.439 e. The summed E-state index contributed by atoms with van der Waals surface area (Å²) < 4.78 is 4.55. The number of carbonyl (C=O) groups excluding carboxylic acids is 2. The molecule has 0 bridgehead atoms. The third kappa shape index (κ3) is 4.32. The van der Waals surface area contributed by atoms with Gasteiger partial charge in [0.15, 0.2) is 6.23 Å². The molecule has 0 fully saturated rings. The van der Waals surface area contributed by atoms with Crippen molar-refractivity contribution in [2.24, 2.45) is 0 Å². The maximum Gasteiger partial charge on any atom is 0.453 e. The predicted molar refractivity (Wildman–Crippen MR) is 39.6 cm³/mol. The molecule has 12 heavy (non-hydrogen) atoms. The van der Waals surface area contributed by atoms with Crippen LogP contribution in [0.15, 0.2) is 12.2 Å². The zero-order valence-corrected chi connectivity index (χ0v) is 6.92. The van der Waals surface area contributed by atoms with Crippen molar-refractivity contribution in [3.05, 3.63) is 12.2 Å². The molecular formula is C7H10NO4. The molecule has 5 nitrogen and oxygen atoms in total. The SMILES string of the molecule is C=C(C)C(=O)OC(C)NC([O])=O. The Morgan fingerprint density at radius 2 is 2.00 bits per heavy atom. The van der Waals surface area contributed by atoms with Crippen LogP contribution in [0.4, 0.5) is 4.79 Å². The summed E-state index contributed by atoms with van der Waals surface area (Å²) in [4.78, 5) is 20.7. The highest BCUT2D eigenvalue weighted by molar-refractivity contribution is 5.87. The van der Waals surface area contributed by atoms with Crippen molar-refractivity contribution in [3.63, 3.8) is 0 Å². The van der Waals surface area contributed by atoms with Gasteiger partial charge in [-0.15, -0.1) is 0 Å². The van der Waals surface area contributed by atoms with Gasteiger partial charge >= 0.3 is 12.1 Å². The molecule has 0 aromatic heterocycles. The molecule has 1 atom stereocenters. The molecule has 0 rings (SSSR count). The second-order valence-corrected chi connectivity index (χ2v) is 2.26. The number of nitrogens with one attached hydrogen (secondary N) is 1. The molecule has 1 unspecified atom stereocenters. The summed E-state index contributed by atoms with van der Waals surface area (Å²) in [5.74, 6) is -0.642. The number of hydrogen-bond acceptors (Lipinski definition) is 3. The fraction of sp³-hybridized carbons (Fsp3) is 0.429. The van der Waals surface area contributed by atoms with Crippen molar-refractivity contribution in [3.8, 4) is 0 Å². The summed E-state index contributed by atoms with van der Waals surface area (Å²) in [6, 6.07) is 0. The highest BCUT2D eigenvalue weighted by atomic mass is 16.6. The van der Waals surface area contributed by atoms with Crippen molar-refractivity contribution in [2.45, 2.75) is 20.1 Å². The summed E-state index contributed by atoms with van der Waals surface area (Å²) in [5, 5.41) is 11.8. The first-order chi connectivity index (χ1) is 5.43. The first-order valence-electron chi connectivity index (χ1n) is 3.27. The summed E-state index contributed by atoms with van der Waals surface area (Å²) in [6.45, 7) is 6.16. The van der Waals surface area contributed by atoms with Gasteiger partial charge in [0.2, 0.25) is 0 Å². The van der Waals surface area contributed by atoms with E-state index in [1.165, 1.54) is 13.8 Å². The predicted octanol–water partition coefficient (Wildman–Crippen LogP) is 0.592. The largest absolute Gasteiger partial charge is 0.453 e. The normalized spacial score (nSPS) is 11.5. The highest BCUT2D eigenvalue weighted by Gasteiger charge is 2.11. The quantitative estimate of drug-likeness (QED) is 0.384. The van der Waals surface area contributed by atoms with Crippen LogP contribution in [-0.4, -0.2) is 18.3 Å². The van der Waals surface area contributed by atoms with Gasteiger partial charge in [0.1, 0.15) is 0 Å². The van der Waals surface area contributed by atoms with E-state index in [0.717, 1.165) is 0 Å². The Morgan fingerprint density at radius 3 is 2.33 bits per heavy atom. The smallest absolute Gasteiger partial charge is 0.439 e.